The molecule has 14 heavy (non-hydrogen) atoms. The number of rotatable bonds is 10. The Hall–Kier alpha value is -0.850. The van der Waals surface area contributed by atoms with Gasteiger partial charge < -0.3 is 4.79 Å². The van der Waals surface area contributed by atoms with Gasteiger partial charge in [0, 0.05) is 6.42 Å². The Morgan fingerprint density at radius 3 is 2.14 bits per heavy atom. The van der Waals surface area contributed by atoms with Crippen LogP contribution in [-0.2, 0) is 4.79 Å². The fourth-order valence-electron chi connectivity index (χ4n) is 1.33. The van der Waals surface area contributed by atoms with Crippen molar-refractivity contribution in [2.24, 2.45) is 0 Å². The SMILES string of the molecule is C=CCC=CCCCCCCCC=O. The molecule has 0 N–H and O–H groups in total. The molecule has 0 bridgehead atoms. The van der Waals surface area contributed by atoms with Crippen molar-refractivity contribution in [1.29, 1.82) is 0 Å². The van der Waals surface area contributed by atoms with Crippen LogP contribution in [0.5, 0.6) is 0 Å². The van der Waals surface area contributed by atoms with E-state index in [4.69, 9.17) is 0 Å². The summed E-state index contributed by atoms with van der Waals surface area (Å²) in [6.45, 7) is 3.66. The fraction of sp³-hybridized carbons (Fsp3) is 0.615. The highest BCUT2D eigenvalue weighted by Gasteiger charge is 1.88. The number of carbonyl (C=O) groups excluding carboxylic acids is 1. The summed E-state index contributed by atoms with van der Waals surface area (Å²) in [6.07, 6.45) is 16.3. The molecule has 0 aromatic heterocycles. The summed E-state index contributed by atoms with van der Waals surface area (Å²) in [5, 5.41) is 0. The molecule has 0 heterocycles. The molecular formula is C13H22O. The molecular weight excluding hydrogens is 172 g/mol. The van der Waals surface area contributed by atoms with E-state index in [0.29, 0.717) is 0 Å². The Labute approximate surface area is 87.9 Å². The van der Waals surface area contributed by atoms with Crippen molar-refractivity contribution < 1.29 is 4.79 Å². The van der Waals surface area contributed by atoms with Crippen LogP contribution in [0, 0.1) is 0 Å². The van der Waals surface area contributed by atoms with E-state index in [9.17, 15) is 4.79 Å². The molecule has 0 saturated carbocycles. The van der Waals surface area contributed by atoms with Crippen LogP contribution in [0.4, 0.5) is 0 Å². The van der Waals surface area contributed by atoms with Gasteiger partial charge in [0.15, 0.2) is 0 Å². The van der Waals surface area contributed by atoms with Crippen molar-refractivity contribution in [3.8, 4) is 0 Å². The Morgan fingerprint density at radius 2 is 1.50 bits per heavy atom. The van der Waals surface area contributed by atoms with Crippen molar-refractivity contribution in [3.05, 3.63) is 24.8 Å². The minimum atomic E-state index is 0.735. The zero-order valence-corrected chi connectivity index (χ0v) is 9.08. The molecule has 1 heteroatoms. The van der Waals surface area contributed by atoms with Gasteiger partial charge in [0.1, 0.15) is 6.29 Å². The van der Waals surface area contributed by atoms with Gasteiger partial charge in [0.2, 0.25) is 0 Å². The van der Waals surface area contributed by atoms with E-state index in [-0.39, 0.29) is 0 Å². The summed E-state index contributed by atoms with van der Waals surface area (Å²) in [5.74, 6) is 0. The summed E-state index contributed by atoms with van der Waals surface area (Å²) in [7, 11) is 0. The molecule has 80 valence electrons. The Balaban J connectivity index is 2.98. The Kier molecular flexibility index (Phi) is 11.4. The van der Waals surface area contributed by atoms with E-state index < -0.39 is 0 Å². The number of hydrogen-bond donors (Lipinski definition) is 0. The summed E-state index contributed by atoms with van der Waals surface area (Å²) < 4.78 is 0. The van der Waals surface area contributed by atoms with Gasteiger partial charge in [0.25, 0.3) is 0 Å². The molecule has 0 rings (SSSR count). The molecule has 0 spiro atoms. The first kappa shape index (κ1) is 13.2. The molecule has 0 aliphatic heterocycles. The van der Waals surface area contributed by atoms with Crippen molar-refractivity contribution in [3.63, 3.8) is 0 Å². The number of hydrogen-bond acceptors (Lipinski definition) is 1. The third-order valence-corrected chi connectivity index (χ3v) is 2.16. The summed E-state index contributed by atoms with van der Waals surface area (Å²) in [6, 6.07) is 0. The molecule has 0 aromatic rings. The minimum absolute atomic E-state index is 0.735. The summed E-state index contributed by atoms with van der Waals surface area (Å²) in [4.78, 5) is 10.0. The minimum Gasteiger partial charge on any atom is -0.303 e. The second-order valence-electron chi connectivity index (χ2n) is 3.51. The molecule has 0 aromatic carbocycles. The van der Waals surface area contributed by atoms with Crippen molar-refractivity contribution in [2.75, 3.05) is 0 Å². The second kappa shape index (κ2) is 12.2. The van der Waals surface area contributed by atoms with Crippen LogP contribution in [0.2, 0.25) is 0 Å². The van der Waals surface area contributed by atoms with Gasteiger partial charge in [-0.25, -0.2) is 0 Å². The highest BCUT2D eigenvalue weighted by molar-refractivity contribution is 5.48. The molecule has 0 amide bonds. The van der Waals surface area contributed by atoms with Gasteiger partial charge in [-0.3, -0.25) is 0 Å². The number of unbranched alkanes of at least 4 members (excludes halogenated alkanes) is 6. The lowest BCUT2D eigenvalue weighted by Crippen LogP contribution is -1.80. The lowest BCUT2D eigenvalue weighted by molar-refractivity contribution is -0.107. The summed E-state index contributed by atoms with van der Waals surface area (Å²) in [5.41, 5.74) is 0. The third kappa shape index (κ3) is 11.2. The van der Waals surface area contributed by atoms with Gasteiger partial charge in [-0.1, -0.05) is 37.5 Å². The molecule has 0 aliphatic carbocycles. The zero-order chi connectivity index (χ0) is 10.5. The van der Waals surface area contributed by atoms with Crippen LogP contribution in [0.25, 0.3) is 0 Å². The maximum atomic E-state index is 10.0. The zero-order valence-electron chi connectivity index (χ0n) is 9.08. The molecule has 1 nitrogen and oxygen atoms in total. The molecule has 0 saturated heterocycles. The fourth-order valence-corrected chi connectivity index (χ4v) is 1.33. The predicted molar refractivity (Wildman–Crippen MR) is 62.3 cm³/mol. The Bertz CT molecular complexity index is 159. The van der Waals surface area contributed by atoms with Gasteiger partial charge >= 0.3 is 0 Å². The van der Waals surface area contributed by atoms with E-state index >= 15 is 0 Å². The first-order chi connectivity index (χ1) is 6.91. The quantitative estimate of drug-likeness (QED) is 0.291. The van der Waals surface area contributed by atoms with Crippen LogP contribution in [0.1, 0.15) is 51.4 Å². The average molecular weight is 194 g/mol. The molecule has 0 fully saturated rings. The van der Waals surface area contributed by atoms with Crippen molar-refractivity contribution in [2.45, 2.75) is 51.4 Å². The van der Waals surface area contributed by atoms with Crippen LogP contribution in [0.15, 0.2) is 24.8 Å². The Morgan fingerprint density at radius 1 is 0.857 bits per heavy atom. The maximum Gasteiger partial charge on any atom is 0.119 e. The van der Waals surface area contributed by atoms with E-state index in [0.717, 1.165) is 25.5 Å². The van der Waals surface area contributed by atoms with Crippen molar-refractivity contribution >= 4 is 6.29 Å². The topological polar surface area (TPSA) is 17.1 Å². The highest BCUT2D eigenvalue weighted by Crippen LogP contribution is 2.06. The molecule has 0 unspecified atom stereocenters. The number of aldehydes is 1. The lowest BCUT2D eigenvalue weighted by atomic mass is 10.1. The van der Waals surface area contributed by atoms with Crippen LogP contribution in [-0.4, -0.2) is 6.29 Å². The smallest absolute Gasteiger partial charge is 0.119 e. The van der Waals surface area contributed by atoms with E-state index in [1.807, 2.05) is 6.08 Å². The van der Waals surface area contributed by atoms with Crippen LogP contribution >= 0.6 is 0 Å². The highest BCUT2D eigenvalue weighted by atomic mass is 16.1. The molecule has 0 atom stereocenters. The van der Waals surface area contributed by atoms with E-state index in [1.165, 1.54) is 32.1 Å². The monoisotopic (exact) mass is 194 g/mol. The third-order valence-electron chi connectivity index (χ3n) is 2.16. The van der Waals surface area contributed by atoms with Gasteiger partial charge in [-0.2, -0.15) is 0 Å². The first-order valence-electron chi connectivity index (χ1n) is 5.61. The predicted octanol–water partition coefficient (Wildman–Crippen LogP) is 4.05. The lowest BCUT2D eigenvalue weighted by Gasteiger charge is -1.96. The second-order valence-corrected chi connectivity index (χ2v) is 3.51. The van der Waals surface area contributed by atoms with Crippen LogP contribution < -0.4 is 0 Å². The van der Waals surface area contributed by atoms with Gasteiger partial charge in [0.05, 0.1) is 0 Å². The van der Waals surface area contributed by atoms with E-state index in [2.05, 4.69) is 18.7 Å². The van der Waals surface area contributed by atoms with Crippen molar-refractivity contribution in [1.82, 2.24) is 0 Å². The largest absolute Gasteiger partial charge is 0.303 e. The van der Waals surface area contributed by atoms with Crippen LogP contribution in [0.3, 0.4) is 0 Å². The summed E-state index contributed by atoms with van der Waals surface area (Å²) >= 11 is 0. The molecule has 0 aliphatic rings. The maximum absolute atomic E-state index is 10.0. The average Bonchev–Trinajstić information content (AvgIpc) is 2.21. The molecule has 0 radical (unpaired) electrons. The standard InChI is InChI=1S/C13H22O/c1-2-3-4-5-6-7-8-9-10-11-12-13-14/h2,4-5,13H,1,3,6-12H2. The normalized spacial score (nSPS) is 10.6. The number of allylic oxidation sites excluding steroid dienone is 3. The van der Waals surface area contributed by atoms with Gasteiger partial charge in [-0.05, 0) is 25.7 Å². The van der Waals surface area contributed by atoms with E-state index in [1.54, 1.807) is 0 Å². The first-order valence-corrected chi connectivity index (χ1v) is 5.61. The van der Waals surface area contributed by atoms with Gasteiger partial charge in [-0.15, -0.1) is 6.58 Å². The number of carbonyl (C=O) groups is 1.